The van der Waals surface area contributed by atoms with Gasteiger partial charge < -0.3 is 15.1 Å². The number of benzene rings is 1. The van der Waals surface area contributed by atoms with Crippen molar-refractivity contribution in [3.05, 3.63) is 101 Å². The van der Waals surface area contributed by atoms with Crippen molar-refractivity contribution in [2.24, 2.45) is 10.9 Å². The third-order valence-electron chi connectivity index (χ3n) is 7.03. The molecule has 1 aromatic carbocycles. The number of hydrogen-bond donors (Lipinski definition) is 1. The number of aliphatic imine (C=N–C) groups is 1. The summed E-state index contributed by atoms with van der Waals surface area (Å²) in [7, 11) is 0. The first kappa shape index (κ1) is 30.4. The van der Waals surface area contributed by atoms with Crippen LogP contribution in [0.1, 0.15) is 64.0 Å². The molecule has 1 aliphatic carbocycles. The minimum Gasteiger partial charge on any atom is -0.365 e. The number of hydrogen-bond acceptors (Lipinski definition) is 5. The summed E-state index contributed by atoms with van der Waals surface area (Å²) in [5.41, 5.74) is 8.47. The van der Waals surface area contributed by atoms with Gasteiger partial charge in [-0.3, -0.25) is 0 Å². The Kier molecular flexibility index (Phi) is 10.9. The Morgan fingerprint density at radius 3 is 2.60 bits per heavy atom. The van der Waals surface area contributed by atoms with E-state index in [1.807, 2.05) is 18.2 Å². The van der Waals surface area contributed by atoms with Crippen LogP contribution in [-0.4, -0.2) is 28.7 Å². The molecule has 1 atom stereocenters. The standard InChI is InChI=1S/C33H39F2N5/c1-7-19-39(20-8-2)29(9-3)27-16-14-26(22-23(27)5)38-33-24(6)40(21-18-37-33)30(10-4)28-15-13-25(12-11-17-36)31(34)32(28)35/h10,13-14,16,18,21-22,28H,3,6-8,11-12,15,19-20H2,1-2,4-5H3,(H,37,38)/b30-10-. The Morgan fingerprint density at radius 2 is 2.00 bits per heavy atom. The van der Waals surface area contributed by atoms with Crippen LogP contribution >= 0.6 is 0 Å². The van der Waals surface area contributed by atoms with Gasteiger partial charge >= 0.3 is 0 Å². The Bertz CT molecular complexity index is 1360. The van der Waals surface area contributed by atoms with Crippen molar-refractivity contribution >= 4 is 17.2 Å². The highest BCUT2D eigenvalue weighted by Crippen LogP contribution is 2.40. The molecule has 1 aromatic rings. The summed E-state index contributed by atoms with van der Waals surface area (Å²) in [5.74, 6) is -1.97. The lowest BCUT2D eigenvalue weighted by atomic mass is 9.89. The molecule has 0 bridgehead atoms. The van der Waals surface area contributed by atoms with Crippen molar-refractivity contribution in [2.75, 3.05) is 18.4 Å². The summed E-state index contributed by atoms with van der Waals surface area (Å²) < 4.78 is 30.0. The van der Waals surface area contributed by atoms with Crippen LogP contribution in [0.15, 0.2) is 95.3 Å². The number of nitriles is 1. The van der Waals surface area contributed by atoms with Crippen molar-refractivity contribution in [1.29, 1.82) is 5.26 Å². The molecule has 5 nitrogen and oxygen atoms in total. The van der Waals surface area contributed by atoms with Gasteiger partial charge in [0.1, 0.15) is 5.83 Å². The summed E-state index contributed by atoms with van der Waals surface area (Å²) in [6.07, 6.45) is 9.48. The van der Waals surface area contributed by atoms with E-state index in [0.29, 0.717) is 23.7 Å². The van der Waals surface area contributed by atoms with Crippen LogP contribution in [-0.2, 0) is 0 Å². The maximum absolute atomic E-state index is 15.2. The number of rotatable bonds is 11. The highest BCUT2D eigenvalue weighted by Gasteiger charge is 2.32. The molecule has 0 fully saturated rings. The molecule has 0 saturated heterocycles. The van der Waals surface area contributed by atoms with Gasteiger partial charge in [-0.15, -0.1) is 5.73 Å². The molecule has 0 radical (unpaired) electrons. The SMILES string of the molecule is C=C=C(c1ccc(NC2=NC=CN(/C(=C\C)C3CC=C(CCC#N)C(F)=C3F)C2=C)cc1C)N(CCC)CCC. The molecule has 7 heteroatoms. The quantitative estimate of drug-likeness (QED) is 0.284. The normalized spacial score (nSPS) is 17.2. The van der Waals surface area contributed by atoms with Crippen LogP contribution in [0.5, 0.6) is 0 Å². The van der Waals surface area contributed by atoms with Gasteiger partial charge in [0.05, 0.1) is 23.4 Å². The Hall–Kier alpha value is -4.14. The van der Waals surface area contributed by atoms with Gasteiger partial charge in [-0.2, -0.15) is 5.26 Å². The van der Waals surface area contributed by atoms with Crippen LogP contribution in [0.2, 0.25) is 0 Å². The van der Waals surface area contributed by atoms with Gasteiger partial charge in [0.25, 0.3) is 0 Å². The smallest absolute Gasteiger partial charge is 0.158 e. The zero-order chi connectivity index (χ0) is 29.2. The maximum atomic E-state index is 15.2. The van der Waals surface area contributed by atoms with E-state index in [1.54, 1.807) is 36.4 Å². The van der Waals surface area contributed by atoms with Crippen LogP contribution in [0.25, 0.3) is 5.70 Å². The molecule has 1 unspecified atom stereocenters. The topological polar surface area (TPSA) is 54.7 Å². The summed E-state index contributed by atoms with van der Waals surface area (Å²) >= 11 is 0. The number of aryl methyl sites for hydroxylation is 1. The van der Waals surface area contributed by atoms with E-state index in [2.05, 4.69) is 60.9 Å². The fourth-order valence-electron chi connectivity index (χ4n) is 5.12. The predicted octanol–water partition coefficient (Wildman–Crippen LogP) is 8.66. The summed E-state index contributed by atoms with van der Waals surface area (Å²) in [4.78, 5) is 8.54. The Morgan fingerprint density at radius 1 is 1.27 bits per heavy atom. The molecular formula is C33H39F2N5. The van der Waals surface area contributed by atoms with E-state index < -0.39 is 17.6 Å². The van der Waals surface area contributed by atoms with E-state index in [4.69, 9.17) is 5.26 Å². The summed E-state index contributed by atoms with van der Waals surface area (Å²) in [5, 5.41) is 12.2. The third-order valence-corrected chi connectivity index (χ3v) is 7.03. The van der Waals surface area contributed by atoms with Crippen molar-refractivity contribution in [3.63, 3.8) is 0 Å². The van der Waals surface area contributed by atoms with Crippen LogP contribution in [0, 0.1) is 24.2 Å². The van der Waals surface area contributed by atoms with Gasteiger partial charge in [-0.1, -0.05) is 39.2 Å². The summed E-state index contributed by atoms with van der Waals surface area (Å²) in [6, 6.07) is 8.07. The number of amidine groups is 1. The first-order valence-corrected chi connectivity index (χ1v) is 13.8. The molecule has 2 aliphatic rings. The third kappa shape index (κ3) is 6.70. The van der Waals surface area contributed by atoms with Gasteiger partial charge in [-0.05, 0) is 68.9 Å². The molecule has 1 aliphatic heterocycles. The van der Waals surface area contributed by atoms with E-state index in [0.717, 1.165) is 48.4 Å². The van der Waals surface area contributed by atoms with Gasteiger partial charge in [-0.25, -0.2) is 13.8 Å². The van der Waals surface area contributed by atoms with Crippen LogP contribution in [0.3, 0.4) is 0 Å². The minimum atomic E-state index is -0.871. The van der Waals surface area contributed by atoms with Crippen LogP contribution < -0.4 is 5.32 Å². The van der Waals surface area contributed by atoms with Crippen LogP contribution in [0.4, 0.5) is 14.5 Å². The molecule has 0 aromatic heterocycles. The molecular weight excluding hydrogens is 504 g/mol. The predicted molar refractivity (Wildman–Crippen MR) is 161 cm³/mol. The van der Waals surface area contributed by atoms with Gasteiger partial charge in [0.2, 0.25) is 0 Å². The zero-order valence-corrected chi connectivity index (χ0v) is 24.0. The van der Waals surface area contributed by atoms with Gasteiger partial charge in [0, 0.05) is 48.9 Å². The highest BCUT2D eigenvalue weighted by molar-refractivity contribution is 6.08. The largest absolute Gasteiger partial charge is 0.365 e. The number of nitrogens with zero attached hydrogens (tertiary/aromatic N) is 4. The second-order valence-electron chi connectivity index (χ2n) is 9.81. The summed E-state index contributed by atoms with van der Waals surface area (Å²) in [6.45, 7) is 18.2. The number of allylic oxidation sites excluding steroid dienone is 5. The van der Waals surface area contributed by atoms with Gasteiger partial charge in [0.15, 0.2) is 11.7 Å². The Balaban J connectivity index is 1.79. The first-order chi connectivity index (χ1) is 19.3. The molecule has 1 N–H and O–H groups in total. The fourth-order valence-corrected chi connectivity index (χ4v) is 5.12. The highest BCUT2D eigenvalue weighted by atomic mass is 19.2. The Labute approximate surface area is 237 Å². The van der Waals surface area contributed by atoms with E-state index in [9.17, 15) is 4.39 Å². The second kappa shape index (κ2) is 14.3. The molecule has 210 valence electrons. The van der Waals surface area contributed by atoms with Crippen molar-refractivity contribution in [1.82, 2.24) is 9.80 Å². The average Bonchev–Trinajstić information content (AvgIpc) is 2.94. The lowest BCUT2D eigenvalue weighted by molar-refractivity contribution is 0.396. The molecule has 0 saturated carbocycles. The van der Waals surface area contributed by atoms with Crippen molar-refractivity contribution < 1.29 is 8.78 Å². The monoisotopic (exact) mass is 543 g/mol. The average molecular weight is 544 g/mol. The van der Waals surface area contributed by atoms with Crippen molar-refractivity contribution in [2.45, 2.75) is 59.8 Å². The second-order valence-corrected chi connectivity index (χ2v) is 9.81. The first-order valence-electron chi connectivity index (χ1n) is 13.8. The number of halogens is 2. The lowest BCUT2D eigenvalue weighted by Crippen LogP contribution is -2.31. The molecule has 1 heterocycles. The maximum Gasteiger partial charge on any atom is 0.158 e. The minimum absolute atomic E-state index is 0.145. The number of anilines is 1. The molecule has 3 rings (SSSR count). The van der Waals surface area contributed by atoms with E-state index in [-0.39, 0.29) is 18.4 Å². The van der Waals surface area contributed by atoms with Crippen molar-refractivity contribution in [3.8, 4) is 6.07 Å². The zero-order valence-electron chi connectivity index (χ0n) is 24.0. The van der Waals surface area contributed by atoms with E-state index >= 15 is 4.39 Å². The molecule has 0 amide bonds. The molecule has 40 heavy (non-hydrogen) atoms. The number of nitrogens with one attached hydrogen (secondary N) is 1. The van der Waals surface area contributed by atoms with E-state index in [1.165, 1.54) is 0 Å². The lowest BCUT2D eigenvalue weighted by Gasteiger charge is -2.33. The fraction of sp³-hybridized carbons (Fsp3) is 0.364. The molecule has 0 spiro atoms.